The van der Waals surface area contributed by atoms with Gasteiger partial charge in [0.2, 0.25) is 0 Å². The van der Waals surface area contributed by atoms with Crippen molar-refractivity contribution in [1.29, 1.82) is 0 Å². The Labute approximate surface area is 103 Å². The van der Waals surface area contributed by atoms with E-state index in [2.05, 4.69) is 13.8 Å². The lowest BCUT2D eigenvalue weighted by atomic mass is 10.3. The molecule has 0 unspecified atom stereocenters. The number of anilines is 1. The second-order valence-corrected chi connectivity index (χ2v) is 4.43. The van der Waals surface area contributed by atoms with Crippen LogP contribution in [0.2, 0.25) is 0 Å². The van der Waals surface area contributed by atoms with Crippen LogP contribution in [0.1, 0.15) is 43.6 Å². The van der Waals surface area contributed by atoms with Gasteiger partial charge in [-0.2, -0.15) is 0 Å². The van der Waals surface area contributed by atoms with E-state index in [1.54, 1.807) is 11.0 Å². The maximum absolute atomic E-state index is 12.2. The van der Waals surface area contributed by atoms with Gasteiger partial charge in [0.1, 0.15) is 5.69 Å². The molecule has 0 radical (unpaired) electrons. The normalized spacial score (nSPS) is 10.5. The summed E-state index contributed by atoms with van der Waals surface area (Å²) in [6.45, 7) is 5.84. The molecule has 4 nitrogen and oxygen atoms in total. The third-order valence-corrected chi connectivity index (χ3v) is 2.80. The standard InChI is InChI=1S/C13H23N3O/c1-4-6-8-15(3)13(17)12-9-11(14)10-16(12)7-5-2/h9-10H,4-8,14H2,1-3H3. The van der Waals surface area contributed by atoms with Crippen LogP contribution in [0.4, 0.5) is 5.69 Å². The van der Waals surface area contributed by atoms with Gasteiger partial charge in [-0.05, 0) is 18.9 Å². The molecule has 1 aromatic rings. The summed E-state index contributed by atoms with van der Waals surface area (Å²) >= 11 is 0. The molecule has 0 aliphatic heterocycles. The van der Waals surface area contributed by atoms with Crippen LogP contribution < -0.4 is 5.73 Å². The Kier molecular flexibility index (Phi) is 5.07. The molecule has 0 aliphatic carbocycles. The van der Waals surface area contributed by atoms with Crippen LogP contribution in [0.15, 0.2) is 12.3 Å². The minimum absolute atomic E-state index is 0.0589. The number of rotatable bonds is 6. The van der Waals surface area contributed by atoms with Crippen molar-refractivity contribution in [2.24, 2.45) is 0 Å². The van der Waals surface area contributed by atoms with Crippen LogP contribution in [-0.4, -0.2) is 29.0 Å². The lowest BCUT2D eigenvalue weighted by Crippen LogP contribution is -2.29. The predicted molar refractivity (Wildman–Crippen MR) is 71.0 cm³/mol. The lowest BCUT2D eigenvalue weighted by Gasteiger charge is -2.17. The first-order valence-corrected chi connectivity index (χ1v) is 6.31. The molecule has 0 saturated carbocycles. The fourth-order valence-corrected chi connectivity index (χ4v) is 1.83. The van der Waals surface area contributed by atoms with Crippen molar-refractivity contribution in [3.8, 4) is 0 Å². The number of aryl methyl sites for hydroxylation is 1. The highest BCUT2D eigenvalue weighted by molar-refractivity contribution is 5.93. The smallest absolute Gasteiger partial charge is 0.270 e. The van der Waals surface area contributed by atoms with E-state index in [0.29, 0.717) is 11.4 Å². The molecule has 0 atom stereocenters. The van der Waals surface area contributed by atoms with Crippen LogP contribution in [0.5, 0.6) is 0 Å². The first-order valence-electron chi connectivity index (χ1n) is 6.31. The first-order chi connectivity index (χ1) is 8.10. The molecule has 96 valence electrons. The number of nitrogens with two attached hydrogens (primary N) is 1. The van der Waals surface area contributed by atoms with Gasteiger partial charge in [0.15, 0.2) is 0 Å². The van der Waals surface area contributed by atoms with Crippen LogP contribution in [0, 0.1) is 0 Å². The second kappa shape index (κ2) is 6.33. The summed E-state index contributed by atoms with van der Waals surface area (Å²) in [5.74, 6) is 0.0589. The average Bonchev–Trinajstić information content (AvgIpc) is 2.66. The highest BCUT2D eigenvalue weighted by Crippen LogP contribution is 2.13. The number of nitrogens with zero attached hydrogens (tertiary/aromatic N) is 2. The van der Waals surface area contributed by atoms with Gasteiger partial charge in [-0.1, -0.05) is 20.3 Å². The van der Waals surface area contributed by atoms with E-state index in [9.17, 15) is 4.79 Å². The summed E-state index contributed by atoms with van der Waals surface area (Å²) < 4.78 is 1.94. The predicted octanol–water partition coefficient (Wildman–Crippen LogP) is 2.35. The zero-order valence-corrected chi connectivity index (χ0v) is 11.1. The fraction of sp³-hybridized carbons (Fsp3) is 0.615. The van der Waals surface area contributed by atoms with E-state index in [-0.39, 0.29) is 5.91 Å². The van der Waals surface area contributed by atoms with Gasteiger partial charge in [0.25, 0.3) is 5.91 Å². The molecule has 0 saturated heterocycles. The van der Waals surface area contributed by atoms with Crippen molar-refractivity contribution in [2.45, 2.75) is 39.7 Å². The van der Waals surface area contributed by atoms with Gasteiger partial charge in [0.05, 0.1) is 5.69 Å². The van der Waals surface area contributed by atoms with E-state index in [1.165, 1.54) is 0 Å². The van der Waals surface area contributed by atoms with E-state index >= 15 is 0 Å². The SMILES string of the molecule is CCCCN(C)C(=O)c1cc(N)cn1CCC. The maximum Gasteiger partial charge on any atom is 0.270 e. The Morgan fingerprint density at radius 2 is 2.12 bits per heavy atom. The molecular formula is C13H23N3O. The Bertz CT molecular complexity index is 371. The zero-order chi connectivity index (χ0) is 12.8. The van der Waals surface area contributed by atoms with Gasteiger partial charge in [0, 0.05) is 26.3 Å². The molecule has 0 aromatic carbocycles. The Morgan fingerprint density at radius 1 is 1.41 bits per heavy atom. The third-order valence-electron chi connectivity index (χ3n) is 2.80. The van der Waals surface area contributed by atoms with Gasteiger partial charge in [-0.3, -0.25) is 4.79 Å². The number of carbonyl (C=O) groups is 1. The summed E-state index contributed by atoms with van der Waals surface area (Å²) in [7, 11) is 1.84. The van der Waals surface area contributed by atoms with Crippen molar-refractivity contribution in [2.75, 3.05) is 19.3 Å². The third kappa shape index (κ3) is 3.51. The number of nitrogen functional groups attached to an aromatic ring is 1. The molecule has 0 aliphatic rings. The highest BCUT2D eigenvalue weighted by atomic mass is 16.2. The maximum atomic E-state index is 12.2. The topological polar surface area (TPSA) is 51.3 Å². The van der Waals surface area contributed by atoms with E-state index < -0.39 is 0 Å². The highest BCUT2D eigenvalue weighted by Gasteiger charge is 2.16. The van der Waals surface area contributed by atoms with E-state index in [0.717, 1.165) is 32.4 Å². The zero-order valence-electron chi connectivity index (χ0n) is 11.1. The molecule has 1 amide bonds. The molecule has 0 spiro atoms. The summed E-state index contributed by atoms with van der Waals surface area (Å²) in [6.07, 6.45) is 4.96. The van der Waals surface area contributed by atoms with Gasteiger partial charge in [-0.25, -0.2) is 0 Å². The lowest BCUT2D eigenvalue weighted by molar-refractivity contribution is 0.0782. The summed E-state index contributed by atoms with van der Waals surface area (Å²) in [5.41, 5.74) is 7.11. The van der Waals surface area contributed by atoms with Gasteiger partial charge < -0.3 is 15.2 Å². The van der Waals surface area contributed by atoms with E-state index in [1.807, 2.05) is 17.8 Å². The molecule has 1 rings (SSSR count). The molecule has 17 heavy (non-hydrogen) atoms. The number of unbranched alkanes of at least 4 members (excludes halogenated alkanes) is 1. The fourth-order valence-electron chi connectivity index (χ4n) is 1.83. The van der Waals surface area contributed by atoms with Crippen molar-refractivity contribution in [3.63, 3.8) is 0 Å². The summed E-state index contributed by atoms with van der Waals surface area (Å²) in [5, 5.41) is 0. The monoisotopic (exact) mass is 237 g/mol. The molecule has 1 heterocycles. The van der Waals surface area contributed by atoms with Crippen molar-refractivity contribution < 1.29 is 4.79 Å². The molecular weight excluding hydrogens is 214 g/mol. The van der Waals surface area contributed by atoms with Crippen LogP contribution >= 0.6 is 0 Å². The molecule has 0 fully saturated rings. The summed E-state index contributed by atoms with van der Waals surface area (Å²) in [6, 6.07) is 1.76. The number of hydrogen-bond donors (Lipinski definition) is 1. The number of hydrogen-bond acceptors (Lipinski definition) is 2. The van der Waals surface area contributed by atoms with Gasteiger partial charge >= 0.3 is 0 Å². The number of carbonyl (C=O) groups excluding carboxylic acids is 1. The quantitative estimate of drug-likeness (QED) is 0.825. The number of amides is 1. The van der Waals surface area contributed by atoms with Gasteiger partial charge in [-0.15, -0.1) is 0 Å². The Balaban J connectivity index is 2.79. The Hall–Kier alpha value is -1.45. The second-order valence-electron chi connectivity index (χ2n) is 4.43. The largest absolute Gasteiger partial charge is 0.397 e. The molecule has 2 N–H and O–H groups in total. The minimum Gasteiger partial charge on any atom is -0.397 e. The van der Waals surface area contributed by atoms with Crippen LogP contribution in [0.3, 0.4) is 0 Å². The molecule has 0 bridgehead atoms. The molecule has 1 aromatic heterocycles. The van der Waals surface area contributed by atoms with Crippen molar-refractivity contribution in [3.05, 3.63) is 18.0 Å². The van der Waals surface area contributed by atoms with E-state index in [4.69, 9.17) is 5.73 Å². The first kappa shape index (κ1) is 13.6. The minimum atomic E-state index is 0.0589. The van der Waals surface area contributed by atoms with Crippen molar-refractivity contribution >= 4 is 11.6 Å². The molecule has 4 heteroatoms. The average molecular weight is 237 g/mol. The van der Waals surface area contributed by atoms with Crippen LogP contribution in [0.25, 0.3) is 0 Å². The van der Waals surface area contributed by atoms with Crippen LogP contribution in [-0.2, 0) is 6.54 Å². The summed E-state index contributed by atoms with van der Waals surface area (Å²) in [4.78, 5) is 14.0. The number of aromatic nitrogens is 1. The Morgan fingerprint density at radius 3 is 2.71 bits per heavy atom. The van der Waals surface area contributed by atoms with Crippen molar-refractivity contribution in [1.82, 2.24) is 9.47 Å².